The topological polar surface area (TPSA) is 40.6 Å². The number of hydrogen-bond acceptors (Lipinski definition) is 4. The van der Waals surface area contributed by atoms with Gasteiger partial charge in [0.25, 0.3) is 11.1 Å². The molecule has 1 saturated heterocycles. The Bertz CT molecular complexity index is 782. The second-order valence-electron chi connectivity index (χ2n) is 7.38. The average Bonchev–Trinajstić information content (AvgIpc) is 2.80. The van der Waals surface area contributed by atoms with Gasteiger partial charge in [-0.15, -0.1) is 6.58 Å². The van der Waals surface area contributed by atoms with E-state index in [0.717, 1.165) is 23.7 Å². The lowest BCUT2D eigenvalue weighted by Gasteiger charge is -2.45. The van der Waals surface area contributed by atoms with Gasteiger partial charge < -0.3 is 4.90 Å². The molecule has 0 bridgehead atoms. The Morgan fingerprint density at radius 2 is 2.08 bits per heavy atom. The van der Waals surface area contributed by atoms with Crippen LogP contribution in [0.1, 0.15) is 44.2 Å². The molecule has 0 spiro atoms. The van der Waals surface area contributed by atoms with Crippen LogP contribution in [0.25, 0.3) is 6.08 Å². The van der Waals surface area contributed by atoms with E-state index in [1.165, 1.54) is 16.2 Å². The summed E-state index contributed by atoms with van der Waals surface area (Å²) in [5, 5.41) is -0.232. The number of hydrogen-bond donors (Lipinski definition) is 0. The van der Waals surface area contributed by atoms with E-state index < -0.39 is 0 Å². The minimum absolute atomic E-state index is 0.126. The normalized spacial score (nSPS) is 24.0. The number of fused-ring (bicyclic) bond motifs is 1. The molecular formula is C20H24N2O2S. The van der Waals surface area contributed by atoms with Crippen molar-refractivity contribution in [3.8, 4) is 0 Å². The van der Waals surface area contributed by atoms with Crippen LogP contribution < -0.4 is 4.90 Å². The second-order valence-corrected chi connectivity index (χ2v) is 8.37. The summed E-state index contributed by atoms with van der Waals surface area (Å²) in [4.78, 5) is 28.3. The Morgan fingerprint density at radius 1 is 1.36 bits per heavy atom. The zero-order valence-electron chi connectivity index (χ0n) is 15.2. The lowest BCUT2D eigenvalue weighted by atomic mass is 9.80. The molecule has 1 aromatic rings. The van der Waals surface area contributed by atoms with E-state index in [2.05, 4.69) is 51.4 Å². The molecule has 2 aliphatic heterocycles. The summed E-state index contributed by atoms with van der Waals surface area (Å²) in [7, 11) is 2.13. The first-order valence-corrected chi connectivity index (χ1v) is 9.30. The average molecular weight is 356 g/mol. The summed E-state index contributed by atoms with van der Waals surface area (Å²) >= 11 is 0.995. The van der Waals surface area contributed by atoms with Gasteiger partial charge in [-0.1, -0.05) is 19.1 Å². The van der Waals surface area contributed by atoms with Gasteiger partial charge >= 0.3 is 0 Å². The lowest BCUT2D eigenvalue weighted by Crippen LogP contribution is -2.45. The number of amides is 2. The Morgan fingerprint density at radius 3 is 2.76 bits per heavy atom. The maximum absolute atomic E-state index is 12.4. The molecule has 2 amide bonds. The van der Waals surface area contributed by atoms with Gasteiger partial charge in [-0.25, -0.2) is 0 Å². The molecule has 1 atom stereocenters. The number of carbonyl (C=O) groups excluding carboxylic acids is 2. The summed E-state index contributed by atoms with van der Waals surface area (Å²) < 4.78 is 0. The fourth-order valence-corrected chi connectivity index (χ4v) is 4.47. The maximum atomic E-state index is 12.4. The van der Waals surface area contributed by atoms with E-state index in [1.807, 2.05) is 12.1 Å². The van der Waals surface area contributed by atoms with Crippen molar-refractivity contribution in [1.82, 2.24) is 4.90 Å². The maximum Gasteiger partial charge on any atom is 0.293 e. The first kappa shape index (κ1) is 17.8. The summed E-state index contributed by atoms with van der Waals surface area (Å²) in [5.74, 6) is 0.212. The van der Waals surface area contributed by atoms with E-state index in [9.17, 15) is 9.59 Å². The smallest absolute Gasteiger partial charge is 0.293 e. The molecule has 132 valence electrons. The highest BCUT2D eigenvalue weighted by Gasteiger charge is 2.35. The predicted molar refractivity (Wildman–Crippen MR) is 105 cm³/mol. The molecule has 0 radical (unpaired) electrons. The Hall–Kier alpha value is -2.01. The van der Waals surface area contributed by atoms with Crippen LogP contribution in [0, 0.1) is 0 Å². The third-order valence-corrected chi connectivity index (χ3v) is 6.05. The molecule has 4 nitrogen and oxygen atoms in total. The van der Waals surface area contributed by atoms with E-state index in [0.29, 0.717) is 10.8 Å². The Kier molecular flexibility index (Phi) is 4.54. The predicted octanol–water partition coefficient (Wildman–Crippen LogP) is 4.63. The van der Waals surface area contributed by atoms with E-state index >= 15 is 0 Å². The summed E-state index contributed by atoms with van der Waals surface area (Å²) in [5.41, 5.74) is 3.62. The second kappa shape index (κ2) is 6.37. The molecule has 1 aromatic carbocycles. The summed E-state index contributed by atoms with van der Waals surface area (Å²) in [6.45, 7) is 10.6. The standard InChI is InChI=1S/C20H24N2O2S/c1-6-9-22-18(23)17(25-19(22)24)11-14-7-8-16-15(10-14)13(2)12-20(3,4)21(16)5/h6-8,10-11,13H,1,9,12H2,2-5H3/b17-11-. The number of nitrogens with zero attached hydrogens (tertiary/aromatic N) is 2. The van der Waals surface area contributed by atoms with Gasteiger partial charge in [0.05, 0.1) is 4.91 Å². The highest BCUT2D eigenvalue weighted by Crippen LogP contribution is 2.43. The van der Waals surface area contributed by atoms with Crippen molar-refractivity contribution in [2.24, 2.45) is 0 Å². The largest absolute Gasteiger partial charge is 0.369 e. The van der Waals surface area contributed by atoms with Crippen molar-refractivity contribution in [1.29, 1.82) is 0 Å². The summed E-state index contributed by atoms with van der Waals surface area (Å²) in [6.07, 6.45) is 4.47. The van der Waals surface area contributed by atoms with Gasteiger partial charge in [-0.05, 0) is 67.3 Å². The minimum Gasteiger partial charge on any atom is -0.369 e. The molecule has 5 heteroatoms. The monoisotopic (exact) mass is 356 g/mol. The first-order chi connectivity index (χ1) is 11.7. The van der Waals surface area contributed by atoms with Gasteiger partial charge in [-0.2, -0.15) is 0 Å². The molecule has 0 N–H and O–H groups in total. The molecule has 3 rings (SSSR count). The molecule has 2 aliphatic rings. The Balaban J connectivity index is 1.94. The SMILES string of the molecule is C=CCN1C(=O)S/C(=C\c2ccc3c(c2)C(C)CC(C)(C)N3C)C1=O. The lowest BCUT2D eigenvalue weighted by molar-refractivity contribution is -0.122. The highest BCUT2D eigenvalue weighted by atomic mass is 32.2. The van der Waals surface area contributed by atoms with Gasteiger partial charge in [0.15, 0.2) is 0 Å². The van der Waals surface area contributed by atoms with Crippen molar-refractivity contribution in [3.05, 3.63) is 46.9 Å². The zero-order valence-corrected chi connectivity index (χ0v) is 16.0. The van der Waals surface area contributed by atoms with Crippen LogP contribution in [0.5, 0.6) is 0 Å². The fourth-order valence-electron chi connectivity index (χ4n) is 3.62. The Labute approximate surface area is 153 Å². The molecule has 25 heavy (non-hydrogen) atoms. The fraction of sp³-hybridized carbons (Fsp3) is 0.400. The zero-order chi connectivity index (χ0) is 18.4. The van der Waals surface area contributed by atoms with E-state index in [4.69, 9.17) is 0 Å². The number of carbonyl (C=O) groups is 2. The van der Waals surface area contributed by atoms with Crippen molar-refractivity contribution in [2.45, 2.75) is 38.6 Å². The quantitative estimate of drug-likeness (QED) is 0.585. The van der Waals surface area contributed by atoms with Gasteiger partial charge in [0, 0.05) is 24.8 Å². The van der Waals surface area contributed by atoms with Crippen molar-refractivity contribution in [2.75, 3.05) is 18.5 Å². The molecule has 1 fully saturated rings. The van der Waals surface area contributed by atoms with Gasteiger partial charge in [0.2, 0.25) is 0 Å². The molecule has 2 heterocycles. The minimum atomic E-state index is -0.237. The van der Waals surface area contributed by atoms with Crippen LogP contribution in [-0.4, -0.2) is 35.2 Å². The van der Waals surface area contributed by atoms with Crippen LogP contribution in [0.4, 0.5) is 10.5 Å². The third kappa shape index (κ3) is 3.13. The van der Waals surface area contributed by atoms with Crippen molar-refractivity contribution < 1.29 is 9.59 Å². The van der Waals surface area contributed by atoms with Crippen LogP contribution in [0.2, 0.25) is 0 Å². The van der Waals surface area contributed by atoms with Crippen LogP contribution in [0.3, 0.4) is 0 Å². The third-order valence-electron chi connectivity index (χ3n) is 5.14. The van der Waals surface area contributed by atoms with E-state index in [1.54, 1.807) is 6.08 Å². The van der Waals surface area contributed by atoms with Gasteiger partial charge in [-0.3, -0.25) is 14.5 Å². The molecule has 0 aliphatic carbocycles. The van der Waals surface area contributed by atoms with E-state index in [-0.39, 0.29) is 23.2 Å². The van der Waals surface area contributed by atoms with Crippen molar-refractivity contribution in [3.63, 3.8) is 0 Å². The van der Waals surface area contributed by atoms with Crippen molar-refractivity contribution >= 4 is 34.7 Å². The number of rotatable bonds is 3. The van der Waals surface area contributed by atoms with Gasteiger partial charge in [0.1, 0.15) is 0 Å². The van der Waals surface area contributed by atoms with Crippen LogP contribution in [-0.2, 0) is 4.79 Å². The number of thioether (sulfide) groups is 1. The molecule has 1 unspecified atom stereocenters. The molecule has 0 aromatic heterocycles. The molecule has 0 saturated carbocycles. The molecular weight excluding hydrogens is 332 g/mol. The number of imide groups is 1. The number of anilines is 1. The summed E-state index contributed by atoms with van der Waals surface area (Å²) in [6, 6.07) is 6.28. The van der Waals surface area contributed by atoms with Crippen LogP contribution in [0.15, 0.2) is 35.8 Å². The van der Waals surface area contributed by atoms with Crippen LogP contribution >= 0.6 is 11.8 Å². The first-order valence-electron chi connectivity index (χ1n) is 8.48. The highest BCUT2D eigenvalue weighted by molar-refractivity contribution is 8.18. The number of benzene rings is 1.